The van der Waals surface area contributed by atoms with Gasteiger partial charge >= 0.3 is 0 Å². The second-order valence-corrected chi connectivity index (χ2v) is 8.86. The Morgan fingerprint density at radius 1 is 1.22 bits per heavy atom. The van der Waals surface area contributed by atoms with E-state index in [0.717, 1.165) is 55.4 Å². The first-order valence-corrected chi connectivity index (χ1v) is 11.1. The van der Waals surface area contributed by atoms with Crippen LogP contribution in [0, 0.1) is 5.92 Å². The van der Waals surface area contributed by atoms with Crippen molar-refractivity contribution in [2.45, 2.75) is 6.42 Å². The summed E-state index contributed by atoms with van der Waals surface area (Å²) >= 11 is 5.25. The minimum absolute atomic E-state index is 0.569. The molecule has 0 amide bonds. The van der Waals surface area contributed by atoms with Gasteiger partial charge in [0, 0.05) is 67.6 Å². The SMILES string of the molecule is NC(=NCC1CCN(c2cccc(Br)c2)C1)N1CCN(c2nccs2)CC1. The molecule has 1 aromatic heterocycles. The number of hydrogen-bond donors (Lipinski definition) is 1. The predicted octanol–water partition coefficient (Wildman–Crippen LogP) is 2.87. The van der Waals surface area contributed by atoms with Gasteiger partial charge < -0.3 is 20.4 Å². The zero-order valence-electron chi connectivity index (χ0n) is 15.3. The number of aromatic nitrogens is 1. The van der Waals surface area contributed by atoms with Gasteiger partial charge in [-0.3, -0.25) is 4.99 Å². The topological polar surface area (TPSA) is 61.0 Å². The molecule has 2 N–H and O–H groups in total. The molecule has 6 nitrogen and oxygen atoms in total. The van der Waals surface area contributed by atoms with E-state index >= 15 is 0 Å². The van der Waals surface area contributed by atoms with Gasteiger partial charge in [0.1, 0.15) is 0 Å². The van der Waals surface area contributed by atoms with Crippen LogP contribution in [0.3, 0.4) is 0 Å². The van der Waals surface area contributed by atoms with Crippen LogP contribution in [-0.4, -0.2) is 61.7 Å². The van der Waals surface area contributed by atoms with Gasteiger partial charge in [0.2, 0.25) is 0 Å². The molecular weight excluding hydrogens is 424 g/mol. The van der Waals surface area contributed by atoms with E-state index in [1.807, 2.05) is 11.6 Å². The summed E-state index contributed by atoms with van der Waals surface area (Å²) in [7, 11) is 0. The third kappa shape index (κ3) is 4.55. The molecule has 1 aromatic carbocycles. The molecule has 3 heterocycles. The highest BCUT2D eigenvalue weighted by Crippen LogP contribution is 2.26. The monoisotopic (exact) mass is 448 g/mol. The third-order valence-electron chi connectivity index (χ3n) is 5.26. The van der Waals surface area contributed by atoms with Gasteiger partial charge in [0.05, 0.1) is 0 Å². The Bertz CT molecular complexity index is 772. The Balaban J connectivity index is 1.26. The number of piperazine rings is 1. The minimum atomic E-state index is 0.569. The molecule has 2 aliphatic rings. The lowest BCUT2D eigenvalue weighted by molar-refractivity contribution is 0.379. The van der Waals surface area contributed by atoms with E-state index in [0.29, 0.717) is 11.9 Å². The number of aliphatic imine (C=N–C) groups is 1. The lowest BCUT2D eigenvalue weighted by Gasteiger charge is -2.35. The van der Waals surface area contributed by atoms with E-state index < -0.39 is 0 Å². The maximum absolute atomic E-state index is 6.28. The van der Waals surface area contributed by atoms with Gasteiger partial charge in [-0.2, -0.15) is 0 Å². The Morgan fingerprint density at radius 3 is 2.81 bits per heavy atom. The largest absolute Gasteiger partial charge is 0.371 e. The fourth-order valence-electron chi connectivity index (χ4n) is 3.71. The van der Waals surface area contributed by atoms with Gasteiger partial charge in [0.15, 0.2) is 11.1 Å². The van der Waals surface area contributed by atoms with Gasteiger partial charge in [-0.15, -0.1) is 11.3 Å². The summed E-state index contributed by atoms with van der Waals surface area (Å²) < 4.78 is 1.13. The van der Waals surface area contributed by atoms with Crippen LogP contribution in [0.25, 0.3) is 0 Å². The van der Waals surface area contributed by atoms with Crippen LogP contribution < -0.4 is 15.5 Å². The van der Waals surface area contributed by atoms with E-state index in [9.17, 15) is 0 Å². The summed E-state index contributed by atoms with van der Waals surface area (Å²) in [6.07, 6.45) is 3.03. The normalized spacial score (nSPS) is 21.1. The minimum Gasteiger partial charge on any atom is -0.371 e. The van der Waals surface area contributed by atoms with E-state index in [1.165, 1.54) is 12.1 Å². The first-order valence-electron chi connectivity index (χ1n) is 9.39. The Morgan fingerprint density at radius 2 is 2.07 bits per heavy atom. The van der Waals surface area contributed by atoms with Crippen molar-refractivity contribution >= 4 is 44.0 Å². The molecule has 1 unspecified atom stereocenters. The van der Waals surface area contributed by atoms with E-state index in [-0.39, 0.29) is 0 Å². The summed E-state index contributed by atoms with van der Waals surface area (Å²) in [5, 5.41) is 3.13. The number of hydrogen-bond acceptors (Lipinski definition) is 5. The van der Waals surface area contributed by atoms with Crippen LogP contribution in [0.5, 0.6) is 0 Å². The van der Waals surface area contributed by atoms with Crippen molar-refractivity contribution in [3.63, 3.8) is 0 Å². The maximum atomic E-state index is 6.28. The van der Waals surface area contributed by atoms with E-state index in [4.69, 9.17) is 10.7 Å². The molecule has 0 aliphatic carbocycles. The lowest BCUT2D eigenvalue weighted by Crippen LogP contribution is -2.51. The van der Waals surface area contributed by atoms with Gasteiger partial charge in [-0.25, -0.2) is 4.98 Å². The lowest BCUT2D eigenvalue weighted by atomic mass is 10.1. The second-order valence-electron chi connectivity index (χ2n) is 7.07. The molecule has 0 bridgehead atoms. The average Bonchev–Trinajstić information content (AvgIpc) is 3.38. The molecule has 144 valence electrons. The van der Waals surface area contributed by atoms with Crippen LogP contribution in [0.1, 0.15) is 6.42 Å². The number of anilines is 2. The Labute approximate surface area is 172 Å². The molecule has 0 spiro atoms. The molecular formula is C19H25BrN6S. The number of thiazole rings is 1. The highest BCUT2D eigenvalue weighted by atomic mass is 79.9. The van der Waals surface area contributed by atoms with Crippen LogP contribution in [-0.2, 0) is 0 Å². The quantitative estimate of drug-likeness (QED) is 0.575. The van der Waals surface area contributed by atoms with Crippen molar-refractivity contribution in [2.75, 3.05) is 55.6 Å². The van der Waals surface area contributed by atoms with E-state index in [2.05, 4.69) is 59.9 Å². The van der Waals surface area contributed by atoms with Crippen molar-refractivity contribution in [2.24, 2.45) is 16.6 Å². The molecule has 27 heavy (non-hydrogen) atoms. The number of halogens is 1. The zero-order valence-corrected chi connectivity index (χ0v) is 17.7. The first-order chi connectivity index (χ1) is 13.2. The van der Waals surface area contributed by atoms with Gasteiger partial charge in [-0.1, -0.05) is 22.0 Å². The molecule has 2 aromatic rings. The maximum Gasteiger partial charge on any atom is 0.191 e. The van der Waals surface area contributed by atoms with Gasteiger partial charge in [-0.05, 0) is 30.5 Å². The van der Waals surface area contributed by atoms with Crippen LogP contribution in [0.15, 0.2) is 45.3 Å². The van der Waals surface area contributed by atoms with Gasteiger partial charge in [0.25, 0.3) is 0 Å². The van der Waals surface area contributed by atoms with E-state index in [1.54, 1.807) is 11.3 Å². The van der Waals surface area contributed by atoms with Crippen LogP contribution >= 0.6 is 27.3 Å². The molecule has 8 heteroatoms. The van der Waals surface area contributed by atoms with Crippen molar-refractivity contribution in [1.29, 1.82) is 0 Å². The molecule has 2 saturated heterocycles. The molecule has 2 aliphatic heterocycles. The summed E-state index contributed by atoms with van der Waals surface area (Å²) in [5.41, 5.74) is 7.56. The fourth-order valence-corrected chi connectivity index (χ4v) is 4.79. The molecule has 2 fully saturated rings. The second kappa shape index (κ2) is 8.48. The molecule has 0 radical (unpaired) electrons. The standard InChI is InChI=1S/C19H25BrN6S/c20-16-2-1-3-17(12-16)26-6-4-15(14-26)13-23-18(21)24-7-9-25(10-8-24)19-22-5-11-27-19/h1-3,5,11-12,15H,4,6-10,13-14H2,(H2,21,23). The number of nitrogens with zero attached hydrogens (tertiary/aromatic N) is 5. The number of guanidine groups is 1. The van der Waals surface area contributed by atoms with Crippen LogP contribution in [0.4, 0.5) is 10.8 Å². The summed E-state index contributed by atoms with van der Waals surface area (Å²) in [4.78, 5) is 16.1. The predicted molar refractivity (Wildman–Crippen MR) is 117 cm³/mol. The van der Waals surface area contributed by atoms with Crippen LogP contribution in [0.2, 0.25) is 0 Å². The molecule has 0 saturated carbocycles. The first kappa shape index (κ1) is 18.6. The third-order valence-corrected chi connectivity index (χ3v) is 6.59. The van der Waals surface area contributed by atoms with Crippen molar-refractivity contribution < 1.29 is 0 Å². The number of benzene rings is 1. The summed E-state index contributed by atoms with van der Waals surface area (Å²) in [6.45, 7) is 6.65. The Kier molecular flexibility index (Phi) is 5.83. The summed E-state index contributed by atoms with van der Waals surface area (Å²) in [5.74, 6) is 1.26. The summed E-state index contributed by atoms with van der Waals surface area (Å²) in [6, 6.07) is 8.51. The molecule has 4 rings (SSSR count). The fraction of sp³-hybridized carbons (Fsp3) is 0.474. The Hall–Kier alpha value is -1.80. The van der Waals surface area contributed by atoms with Crippen molar-refractivity contribution in [1.82, 2.24) is 9.88 Å². The smallest absolute Gasteiger partial charge is 0.191 e. The average molecular weight is 449 g/mol. The van der Waals surface area contributed by atoms with Crippen molar-refractivity contribution in [3.05, 3.63) is 40.3 Å². The highest BCUT2D eigenvalue weighted by Gasteiger charge is 2.24. The molecule has 1 atom stereocenters. The zero-order chi connectivity index (χ0) is 18.6. The number of nitrogens with two attached hydrogens (primary N) is 1. The number of rotatable bonds is 4. The highest BCUT2D eigenvalue weighted by molar-refractivity contribution is 9.10. The van der Waals surface area contributed by atoms with Crippen molar-refractivity contribution in [3.8, 4) is 0 Å².